The van der Waals surface area contributed by atoms with Crippen LogP contribution in [0.5, 0.6) is 0 Å². The van der Waals surface area contributed by atoms with E-state index < -0.39 is 5.60 Å². The molecule has 0 amide bonds. The van der Waals surface area contributed by atoms with Crippen LogP contribution in [0.1, 0.15) is 113 Å². The van der Waals surface area contributed by atoms with Crippen LogP contribution in [0.4, 0.5) is 0 Å². The standard InChI is InChI=1S/C28H43N3O2/c1-19-10-11-21(20(2)15-19)16-24(32)17-22(18-28(6,7)33)26-30-29-25(31(26)23-12-13-23)9-8-14-27(3,4)5/h10-11,15,22-23,33H,8-9,12-14,16-18H2,1-7H3/t22-/m0/s1. The predicted molar refractivity (Wildman–Crippen MR) is 134 cm³/mol. The van der Waals surface area contributed by atoms with Crippen molar-refractivity contribution in [3.63, 3.8) is 0 Å². The number of rotatable bonds is 11. The van der Waals surface area contributed by atoms with Gasteiger partial charge in [0.2, 0.25) is 0 Å². The molecule has 1 atom stereocenters. The highest BCUT2D eigenvalue weighted by atomic mass is 16.3. The van der Waals surface area contributed by atoms with Gasteiger partial charge in [-0.15, -0.1) is 10.2 Å². The Bertz CT molecular complexity index is 958. The number of aliphatic hydroxyl groups is 1. The number of ketones is 1. The Hall–Kier alpha value is -2.01. The summed E-state index contributed by atoms with van der Waals surface area (Å²) in [6, 6.07) is 6.70. The quantitative estimate of drug-likeness (QED) is 0.450. The normalized spacial score (nSPS) is 15.6. The van der Waals surface area contributed by atoms with E-state index in [1.54, 1.807) is 0 Å². The number of benzene rings is 1. The summed E-state index contributed by atoms with van der Waals surface area (Å²) in [5.41, 5.74) is 2.87. The molecule has 0 saturated heterocycles. The van der Waals surface area contributed by atoms with E-state index in [9.17, 15) is 9.90 Å². The Balaban J connectivity index is 1.80. The summed E-state index contributed by atoms with van der Waals surface area (Å²) in [5, 5.41) is 19.8. The van der Waals surface area contributed by atoms with Gasteiger partial charge in [-0.1, -0.05) is 44.5 Å². The monoisotopic (exact) mass is 453 g/mol. The molecule has 0 bridgehead atoms. The third-order valence-corrected chi connectivity index (χ3v) is 6.50. The third kappa shape index (κ3) is 7.77. The van der Waals surface area contributed by atoms with Crippen molar-refractivity contribution in [2.75, 3.05) is 0 Å². The Morgan fingerprint density at radius 1 is 1.15 bits per heavy atom. The molecule has 182 valence electrons. The van der Waals surface area contributed by atoms with Gasteiger partial charge in [0.15, 0.2) is 0 Å². The second kappa shape index (κ2) is 10.1. The highest BCUT2D eigenvalue weighted by Crippen LogP contribution is 2.40. The molecular weight excluding hydrogens is 410 g/mol. The van der Waals surface area contributed by atoms with E-state index in [0.717, 1.165) is 54.9 Å². The first-order valence-electron chi connectivity index (χ1n) is 12.6. The van der Waals surface area contributed by atoms with Gasteiger partial charge < -0.3 is 9.67 Å². The van der Waals surface area contributed by atoms with Crippen molar-refractivity contribution in [1.82, 2.24) is 14.8 Å². The maximum Gasteiger partial charge on any atom is 0.138 e. The lowest BCUT2D eigenvalue weighted by molar-refractivity contribution is -0.119. The van der Waals surface area contributed by atoms with E-state index in [1.807, 2.05) is 13.8 Å². The van der Waals surface area contributed by atoms with Crippen molar-refractivity contribution in [1.29, 1.82) is 0 Å². The van der Waals surface area contributed by atoms with Gasteiger partial charge in [-0.25, -0.2) is 0 Å². The number of aryl methyl sites for hydroxylation is 3. The van der Waals surface area contributed by atoms with Gasteiger partial charge in [0, 0.05) is 31.2 Å². The zero-order chi connectivity index (χ0) is 24.4. The summed E-state index contributed by atoms with van der Waals surface area (Å²) in [7, 11) is 0. The predicted octanol–water partition coefficient (Wildman–Crippen LogP) is 6.05. The SMILES string of the molecule is Cc1ccc(CC(=O)C[C@@H](CC(C)(C)O)c2nnc(CCCC(C)(C)C)n2C2CC2)c(C)c1. The molecule has 5 heteroatoms. The molecule has 5 nitrogen and oxygen atoms in total. The van der Waals surface area contributed by atoms with Crippen LogP contribution in [-0.4, -0.2) is 31.3 Å². The Kier molecular flexibility index (Phi) is 7.83. The molecule has 1 fully saturated rings. The molecule has 0 spiro atoms. The van der Waals surface area contributed by atoms with Gasteiger partial charge in [-0.3, -0.25) is 4.79 Å². The van der Waals surface area contributed by atoms with Crippen LogP contribution in [0, 0.1) is 19.3 Å². The van der Waals surface area contributed by atoms with Gasteiger partial charge in [-0.2, -0.15) is 0 Å². The minimum atomic E-state index is -0.878. The lowest BCUT2D eigenvalue weighted by atomic mass is 9.87. The molecule has 0 aliphatic heterocycles. The average molecular weight is 454 g/mol. The second-order valence-corrected chi connectivity index (χ2v) is 12.1. The maximum atomic E-state index is 13.2. The first-order valence-corrected chi connectivity index (χ1v) is 12.6. The van der Waals surface area contributed by atoms with E-state index >= 15 is 0 Å². The topological polar surface area (TPSA) is 68.0 Å². The zero-order valence-corrected chi connectivity index (χ0v) is 21.7. The average Bonchev–Trinajstić information content (AvgIpc) is 3.41. The number of carbonyl (C=O) groups is 1. The Morgan fingerprint density at radius 3 is 2.42 bits per heavy atom. The van der Waals surface area contributed by atoms with Crippen molar-refractivity contribution in [3.8, 4) is 0 Å². The molecule has 3 rings (SSSR count). The number of hydrogen-bond donors (Lipinski definition) is 1. The summed E-state index contributed by atoms with van der Waals surface area (Å²) in [4.78, 5) is 13.2. The van der Waals surface area contributed by atoms with Crippen LogP contribution in [-0.2, 0) is 17.6 Å². The smallest absolute Gasteiger partial charge is 0.138 e. The van der Waals surface area contributed by atoms with Gasteiger partial charge in [-0.05, 0) is 76.3 Å². The molecule has 1 aromatic carbocycles. The van der Waals surface area contributed by atoms with Crippen LogP contribution >= 0.6 is 0 Å². The minimum absolute atomic E-state index is 0.132. The molecule has 1 saturated carbocycles. The molecule has 2 aromatic rings. The molecule has 33 heavy (non-hydrogen) atoms. The van der Waals surface area contributed by atoms with Gasteiger partial charge in [0.25, 0.3) is 0 Å². The molecule has 1 aromatic heterocycles. The van der Waals surface area contributed by atoms with Crippen LogP contribution < -0.4 is 0 Å². The van der Waals surface area contributed by atoms with Crippen molar-refractivity contribution >= 4 is 5.78 Å². The Morgan fingerprint density at radius 2 is 1.85 bits per heavy atom. The van der Waals surface area contributed by atoms with Crippen molar-refractivity contribution in [2.45, 2.75) is 117 Å². The summed E-state index contributed by atoms with van der Waals surface area (Å²) < 4.78 is 2.31. The zero-order valence-electron chi connectivity index (χ0n) is 21.7. The van der Waals surface area contributed by atoms with Gasteiger partial charge in [0.05, 0.1) is 5.60 Å². The number of carbonyl (C=O) groups excluding carboxylic acids is 1. The highest BCUT2D eigenvalue weighted by Gasteiger charge is 2.35. The fourth-order valence-corrected chi connectivity index (χ4v) is 4.75. The minimum Gasteiger partial charge on any atom is -0.390 e. The lowest BCUT2D eigenvalue weighted by Gasteiger charge is -2.25. The number of hydrogen-bond acceptors (Lipinski definition) is 4. The fourth-order valence-electron chi connectivity index (χ4n) is 4.75. The molecule has 1 aliphatic carbocycles. The van der Waals surface area contributed by atoms with Crippen LogP contribution in [0.25, 0.3) is 0 Å². The van der Waals surface area contributed by atoms with E-state index in [2.05, 4.69) is 67.6 Å². The van der Waals surface area contributed by atoms with Crippen LogP contribution in [0.2, 0.25) is 0 Å². The second-order valence-electron chi connectivity index (χ2n) is 12.1. The molecule has 0 unspecified atom stereocenters. The lowest BCUT2D eigenvalue weighted by Crippen LogP contribution is -2.26. The highest BCUT2D eigenvalue weighted by molar-refractivity contribution is 5.82. The fraction of sp³-hybridized carbons (Fsp3) is 0.679. The first-order chi connectivity index (χ1) is 15.3. The molecule has 1 N–H and O–H groups in total. The van der Waals surface area contributed by atoms with E-state index in [4.69, 9.17) is 0 Å². The van der Waals surface area contributed by atoms with E-state index in [-0.39, 0.29) is 11.7 Å². The molecule has 0 radical (unpaired) electrons. The number of nitrogens with zero attached hydrogens (tertiary/aromatic N) is 3. The molecule has 1 aliphatic rings. The third-order valence-electron chi connectivity index (χ3n) is 6.50. The van der Waals surface area contributed by atoms with Crippen molar-refractivity contribution < 1.29 is 9.90 Å². The van der Waals surface area contributed by atoms with Gasteiger partial charge in [0.1, 0.15) is 17.4 Å². The summed E-state index contributed by atoms with van der Waals surface area (Å²) in [6.45, 7) is 14.6. The largest absolute Gasteiger partial charge is 0.390 e. The summed E-state index contributed by atoms with van der Waals surface area (Å²) in [6.07, 6.45) is 6.71. The Labute approximate surface area is 200 Å². The van der Waals surface area contributed by atoms with Gasteiger partial charge >= 0.3 is 0 Å². The van der Waals surface area contributed by atoms with Crippen molar-refractivity contribution in [2.24, 2.45) is 5.41 Å². The van der Waals surface area contributed by atoms with E-state index in [1.165, 1.54) is 5.56 Å². The molecule has 1 heterocycles. The van der Waals surface area contributed by atoms with E-state index in [0.29, 0.717) is 30.7 Å². The summed E-state index contributed by atoms with van der Waals surface area (Å²) in [5.74, 6) is 1.99. The first kappa shape index (κ1) is 25.6. The summed E-state index contributed by atoms with van der Waals surface area (Å²) >= 11 is 0. The number of Topliss-reactive ketones (excluding diaryl/α,β-unsaturated/α-hetero) is 1. The molecular formula is C28H43N3O2. The maximum absolute atomic E-state index is 13.2. The number of aromatic nitrogens is 3. The van der Waals surface area contributed by atoms with Crippen LogP contribution in [0.3, 0.4) is 0 Å². The van der Waals surface area contributed by atoms with Crippen molar-refractivity contribution in [3.05, 3.63) is 46.5 Å². The van der Waals surface area contributed by atoms with Crippen LogP contribution in [0.15, 0.2) is 18.2 Å².